The Labute approximate surface area is 107 Å². The van der Waals surface area contributed by atoms with Gasteiger partial charge in [-0.1, -0.05) is 50.1 Å². The van der Waals surface area contributed by atoms with Crippen LogP contribution < -0.4 is 5.32 Å². The van der Waals surface area contributed by atoms with Gasteiger partial charge in [0.05, 0.1) is 0 Å². The predicted octanol–water partition coefficient (Wildman–Crippen LogP) is 3.95. The Morgan fingerprint density at radius 2 is 1.76 bits per heavy atom. The molecule has 0 aromatic heterocycles. The van der Waals surface area contributed by atoms with Gasteiger partial charge < -0.3 is 5.32 Å². The van der Waals surface area contributed by atoms with E-state index in [9.17, 15) is 0 Å². The first-order chi connectivity index (χ1) is 8.26. The lowest BCUT2D eigenvalue weighted by Gasteiger charge is -2.17. The van der Waals surface area contributed by atoms with Crippen molar-refractivity contribution in [2.45, 2.75) is 46.5 Å². The van der Waals surface area contributed by atoms with E-state index in [1.807, 2.05) is 0 Å². The number of nitrogens with one attached hydrogen (secondary N) is 1. The fraction of sp³-hybridized carbons (Fsp3) is 0.625. The van der Waals surface area contributed by atoms with Crippen LogP contribution in [0, 0.1) is 12.8 Å². The van der Waals surface area contributed by atoms with Crippen molar-refractivity contribution in [3.8, 4) is 0 Å². The summed E-state index contributed by atoms with van der Waals surface area (Å²) in [6, 6.07) is 8.99. The predicted molar refractivity (Wildman–Crippen MR) is 76.4 cm³/mol. The van der Waals surface area contributed by atoms with Crippen LogP contribution in [0.2, 0.25) is 0 Å². The van der Waals surface area contributed by atoms with Crippen LogP contribution in [-0.4, -0.2) is 13.1 Å². The molecule has 0 fully saturated rings. The highest BCUT2D eigenvalue weighted by molar-refractivity contribution is 5.21. The van der Waals surface area contributed by atoms with Crippen molar-refractivity contribution >= 4 is 0 Å². The molecule has 0 spiro atoms. The largest absolute Gasteiger partial charge is 0.316 e. The Hall–Kier alpha value is -0.820. The molecule has 1 rings (SSSR count). The molecule has 1 heteroatoms. The summed E-state index contributed by atoms with van der Waals surface area (Å²) in [5, 5.41) is 3.55. The molecule has 0 radical (unpaired) electrons. The molecule has 0 saturated heterocycles. The standard InChI is InChI=1S/C16H27N/c1-4-6-16(13-17-11-5-2)12-15-9-7-14(3)8-10-15/h7-10,16-17H,4-6,11-13H2,1-3H3. The van der Waals surface area contributed by atoms with Gasteiger partial charge in [0.15, 0.2) is 0 Å². The number of hydrogen-bond acceptors (Lipinski definition) is 1. The van der Waals surface area contributed by atoms with Crippen molar-refractivity contribution in [2.24, 2.45) is 5.92 Å². The first-order valence-electron chi connectivity index (χ1n) is 7.02. The fourth-order valence-corrected chi connectivity index (χ4v) is 2.22. The second-order valence-electron chi connectivity index (χ2n) is 5.05. The Balaban J connectivity index is 2.44. The third kappa shape index (κ3) is 5.88. The van der Waals surface area contributed by atoms with Crippen molar-refractivity contribution in [3.05, 3.63) is 35.4 Å². The average molecular weight is 233 g/mol. The summed E-state index contributed by atoms with van der Waals surface area (Å²) in [6.45, 7) is 8.96. The SMILES string of the molecule is CCCNCC(CCC)Cc1ccc(C)cc1. The maximum absolute atomic E-state index is 3.55. The van der Waals surface area contributed by atoms with Crippen LogP contribution in [0.3, 0.4) is 0 Å². The maximum Gasteiger partial charge on any atom is -0.00173 e. The summed E-state index contributed by atoms with van der Waals surface area (Å²) in [7, 11) is 0. The van der Waals surface area contributed by atoms with E-state index in [-0.39, 0.29) is 0 Å². The van der Waals surface area contributed by atoms with Gasteiger partial charge in [-0.3, -0.25) is 0 Å². The van der Waals surface area contributed by atoms with Gasteiger partial charge in [0.2, 0.25) is 0 Å². The molecule has 0 aliphatic heterocycles. The zero-order valence-electron chi connectivity index (χ0n) is 11.6. The summed E-state index contributed by atoms with van der Waals surface area (Å²) in [4.78, 5) is 0. The molecule has 1 atom stereocenters. The lowest BCUT2D eigenvalue weighted by Crippen LogP contribution is -2.25. The van der Waals surface area contributed by atoms with Crippen molar-refractivity contribution in [2.75, 3.05) is 13.1 Å². The fourth-order valence-electron chi connectivity index (χ4n) is 2.22. The minimum atomic E-state index is 0.786. The van der Waals surface area contributed by atoms with Crippen LogP contribution in [0.15, 0.2) is 24.3 Å². The molecule has 0 aliphatic carbocycles. The van der Waals surface area contributed by atoms with Gasteiger partial charge in [-0.05, 0) is 50.8 Å². The maximum atomic E-state index is 3.55. The van der Waals surface area contributed by atoms with E-state index in [1.54, 1.807) is 0 Å². The van der Waals surface area contributed by atoms with Gasteiger partial charge in [-0.15, -0.1) is 0 Å². The lowest BCUT2D eigenvalue weighted by molar-refractivity contribution is 0.439. The normalized spacial score (nSPS) is 12.6. The molecule has 0 saturated carbocycles. The van der Waals surface area contributed by atoms with E-state index in [4.69, 9.17) is 0 Å². The zero-order valence-corrected chi connectivity index (χ0v) is 11.6. The molecule has 0 bridgehead atoms. The molecule has 1 aromatic carbocycles. The molecular formula is C16H27N. The van der Waals surface area contributed by atoms with Crippen molar-refractivity contribution < 1.29 is 0 Å². The molecular weight excluding hydrogens is 206 g/mol. The molecule has 1 unspecified atom stereocenters. The summed E-state index contributed by atoms with van der Waals surface area (Å²) < 4.78 is 0. The van der Waals surface area contributed by atoms with Gasteiger partial charge >= 0.3 is 0 Å². The van der Waals surface area contributed by atoms with Gasteiger partial charge in [0.25, 0.3) is 0 Å². The second kappa shape index (κ2) is 8.30. The van der Waals surface area contributed by atoms with Gasteiger partial charge in [-0.25, -0.2) is 0 Å². The topological polar surface area (TPSA) is 12.0 Å². The summed E-state index contributed by atoms with van der Waals surface area (Å²) in [5.74, 6) is 0.786. The molecule has 0 heterocycles. The van der Waals surface area contributed by atoms with Gasteiger partial charge in [-0.2, -0.15) is 0 Å². The molecule has 96 valence electrons. The summed E-state index contributed by atoms with van der Waals surface area (Å²) in [5.41, 5.74) is 2.83. The van der Waals surface area contributed by atoms with E-state index in [1.165, 1.54) is 36.8 Å². The smallest absolute Gasteiger partial charge is 0.00173 e. The summed E-state index contributed by atoms with van der Waals surface area (Å²) >= 11 is 0. The highest BCUT2D eigenvalue weighted by atomic mass is 14.8. The molecule has 1 aromatic rings. The Morgan fingerprint density at radius 1 is 1.06 bits per heavy atom. The van der Waals surface area contributed by atoms with Gasteiger partial charge in [0, 0.05) is 0 Å². The third-order valence-corrected chi connectivity index (χ3v) is 3.20. The van der Waals surface area contributed by atoms with E-state index in [2.05, 4.69) is 50.4 Å². The molecule has 0 amide bonds. The number of hydrogen-bond donors (Lipinski definition) is 1. The van der Waals surface area contributed by atoms with E-state index in [0.29, 0.717) is 0 Å². The monoisotopic (exact) mass is 233 g/mol. The van der Waals surface area contributed by atoms with Gasteiger partial charge in [0.1, 0.15) is 0 Å². The van der Waals surface area contributed by atoms with Crippen LogP contribution in [0.25, 0.3) is 0 Å². The lowest BCUT2D eigenvalue weighted by atomic mass is 9.94. The van der Waals surface area contributed by atoms with Crippen LogP contribution in [0.4, 0.5) is 0 Å². The first kappa shape index (κ1) is 14.2. The number of benzene rings is 1. The molecule has 1 nitrogen and oxygen atoms in total. The van der Waals surface area contributed by atoms with E-state index < -0.39 is 0 Å². The van der Waals surface area contributed by atoms with Crippen LogP contribution in [-0.2, 0) is 6.42 Å². The summed E-state index contributed by atoms with van der Waals surface area (Å²) in [6.07, 6.45) is 5.04. The molecule has 1 N–H and O–H groups in total. The van der Waals surface area contributed by atoms with Crippen LogP contribution in [0.1, 0.15) is 44.2 Å². The minimum Gasteiger partial charge on any atom is -0.316 e. The highest BCUT2D eigenvalue weighted by Gasteiger charge is 2.08. The number of aryl methyl sites for hydroxylation is 1. The second-order valence-corrected chi connectivity index (χ2v) is 5.05. The van der Waals surface area contributed by atoms with Crippen molar-refractivity contribution in [1.29, 1.82) is 0 Å². The number of rotatable bonds is 8. The quantitative estimate of drug-likeness (QED) is 0.670. The molecule has 17 heavy (non-hydrogen) atoms. The average Bonchev–Trinajstić information content (AvgIpc) is 2.32. The Morgan fingerprint density at radius 3 is 2.35 bits per heavy atom. The zero-order chi connectivity index (χ0) is 12.5. The first-order valence-corrected chi connectivity index (χ1v) is 7.02. The highest BCUT2D eigenvalue weighted by Crippen LogP contribution is 2.14. The Kier molecular flexibility index (Phi) is 6.95. The van der Waals surface area contributed by atoms with E-state index >= 15 is 0 Å². The van der Waals surface area contributed by atoms with Crippen molar-refractivity contribution in [3.63, 3.8) is 0 Å². The van der Waals surface area contributed by atoms with Crippen molar-refractivity contribution in [1.82, 2.24) is 5.32 Å². The third-order valence-electron chi connectivity index (χ3n) is 3.20. The van der Waals surface area contributed by atoms with Crippen LogP contribution in [0.5, 0.6) is 0 Å². The van der Waals surface area contributed by atoms with Crippen LogP contribution >= 0.6 is 0 Å². The molecule has 0 aliphatic rings. The minimum absolute atomic E-state index is 0.786. The Bertz CT molecular complexity index is 289. The van der Waals surface area contributed by atoms with E-state index in [0.717, 1.165) is 19.0 Å².